The first-order valence-electron chi connectivity index (χ1n) is 20.5. The van der Waals surface area contributed by atoms with Crippen LogP contribution in [0.1, 0.15) is 109 Å². The van der Waals surface area contributed by atoms with Crippen LogP contribution >= 0.6 is 11.6 Å². The minimum Gasteiger partial charge on any atom is -0.464 e. The number of esters is 1. The monoisotopic (exact) mass is 766 g/mol. The van der Waals surface area contributed by atoms with E-state index in [1.807, 2.05) is 6.07 Å². The van der Waals surface area contributed by atoms with Gasteiger partial charge in [0.05, 0.1) is 5.41 Å². The molecule has 1 saturated heterocycles. The van der Waals surface area contributed by atoms with E-state index in [-0.39, 0.29) is 17.3 Å². The fraction of sp³-hybridized carbons (Fsp3) is 0.659. The molecule has 2 saturated carbocycles. The Morgan fingerprint density at radius 2 is 1.52 bits per heavy atom. The normalized spacial score (nSPS) is 19.1. The lowest BCUT2D eigenvalue weighted by Crippen LogP contribution is -2.43. The van der Waals surface area contributed by atoms with Gasteiger partial charge in [-0.25, -0.2) is 9.69 Å². The molecule has 0 unspecified atom stereocenters. The maximum Gasteiger partial charge on any atom is 0.417 e. The van der Waals surface area contributed by atoms with Crippen molar-refractivity contribution < 1.29 is 23.9 Å². The summed E-state index contributed by atoms with van der Waals surface area (Å²) < 4.78 is 10.5. The highest BCUT2D eigenvalue weighted by molar-refractivity contribution is 6.30. The van der Waals surface area contributed by atoms with Crippen molar-refractivity contribution in [2.75, 3.05) is 65.4 Å². The van der Waals surface area contributed by atoms with Gasteiger partial charge in [-0.1, -0.05) is 88.2 Å². The van der Waals surface area contributed by atoms with E-state index >= 15 is 0 Å². The van der Waals surface area contributed by atoms with Crippen molar-refractivity contribution in [2.45, 2.75) is 117 Å². The van der Waals surface area contributed by atoms with Gasteiger partial charge in [0.2, 0.25) is 0 Å². The molecule has 0 atom stereocenters. The topological polar surface area (TPSA) is 82.6 Å². The molecule has 0 radical (unpaired) electrons. The first kappa shape index (κ1) is 43.6. The summed E-state index contributed by atoms with van der Waals surface area (Å²) in [6, 6.07) is 15.1. The van der Waals surface area contributed by atoms with Gasteiger partial charge in [0.15, 0.2) is 5.60 Å². The predicted octanol–water partition coefficient (Wildman–Crippen LogP) is 9.30. The number of carbonyl (C=O) groups is 3. The molecule has 2 aliphatic heterocycles. The molecule has 54 heavy (non-hydrogen) atoms. The van der Waals surface area contributed by atoms with Gasteiger partial charge in [0, 0.05) is 36.5 Å². The fourth-order valence-corrected chi connectivity index (χ4v) is 8.72. The van der Waals surface area contributed by atoms with E-state index in [4.69, 9.17) is 21.1 Å². The van der Waals surface area contributed by atoms with Crippen LogP contribution in [-0.4, -0.2) is 98.7 Å². The van der Waals surface area contributed by atoms with Crippen molar-refractivity contribution in [3.05, 3.63) is 58.6 Å². The number of imide groups is 1. The lowest BCUT2D eigenvalue weighted by Gasteiger charge is -2.43. The van der Waals surface area contributed by atoms with Crippen LogP contribution in [0.5, 0.6) is 0 Å². The third kappa shape index (κ3) is 11.5. The average Bonchev–Trinajstić information content (AvgIpc) is 3.27. The van der Waals surface area contributed by atoms with Crippen LogP contribution in [0.2, 0.25) is 5.02 Å². The lowest BCUT2D eigenvalue weighted by molar-refractivity contribution is -0.164. The van der Waals surface area contributed by atoms with Crippen LogP contribution in [0.4, 0.5) is 16.2 Å². The average molecular weight is 767 g/mol. The number of likely N-dealkylation sites (N-methyl/N-ethyl adjacent to an activating group) is 2. The van der Waals surface area contributed by atoms with Crippen molar-refractivity contribution in [1.82, 2.24) is 14.7 Å². The maximum absolute atomic E-state index is 12.9. The number of fused-ring (bicyclic) bond motifs is 2. The predicted molar refractivity (Wildman–Crippen MR) is 220 cm³/mol. The summed E-state index contributed by atoms with van der Waals surface area (Å²) in [5, 5.41) is 0.816. The first-order valence-corrected chi connectivity index (χ1v) is 20.9. The van der Waals surface area contributed by atoms with Crippen LogP contribution in [-0.2, 0) is 31.9 Å². The number of hydrogen-bond donors (Lipinski definition) is 0. The van der Waals surface area contributed by atoms with Gasteiger partial charge in [0.25, 0.3) is 5.91 Å². The number of rotatable bonds is 11. The smallest absolute Gasteiger partial charge is 0.417 e. The Labute approximate surface area is 330 Å². The van der Waals surface area contributed by atoms with E-state index in [2.05, 4.69) is 79.0 Å². The summed E-state index contributed by atoms with van der Waals surface area (Å²) in [6.07, 6.45) is 15.0. The highest BCUT2D eigenvalue weighted by Crippen LogP contribution is 2.49. The number of nitrogens with zero attached hydrogens (tertiary/aromatic N) is 4. The fourth-order valence-electron chi connectivity index (χ4n) is 8.56. The minimum atomic E-state index is -0.966. The van der Waals surface area contributed by atoms with E-state index in [1.165, 1.54) is 80.9 Å². The summed E-state index contributed by atoms with van der Waals surface area (Å²) in [7, 11) is 5.65. The standard InChI is InChI=1S/C19H23ClN2.C19H35NO2.C6H9NO3/c1-21(2)12-5-13-22-18-7-4-3-6-15(18)8-9-16-10-11-17(20)14-19(16)22;1-3-20(4-2)15-16-22-18(21)19(13-9-6-10-14-19)17-11-7-5-8-12-17;1-6(2)4(8)7(3)5(9)10-6/h3-4,6-7,10-11,14H,5,8-9,12-13H2,1-2H3;17H,3-16H2,1-2H3;1-3H3. The van der Waals surface area contributed by atoms with Crippen LogP contribution in [0, 0.1) is 11.3 Å². The lowest BCUT2D eigenvalue weighted by atomic mass is 9.62. The molecule has 0 spiro atoms. The Hall–Kier alpha value is -3.14. The van der Waals surface area contributed by atoms with E-state index in [0.29, 0.717) is 12.5 Å². The molecule has 3 fully saturated rings. The maximum atomic E-state index is 12.9. The number of carbonyl (C=O) groups excluding carboxylic acids is 3. The molecular weight excluding hydrogens is 700 g/mol. The van der Waals surface area contributed by atoms with Crippen LogP contribution in [0.25, 0.3) is 0 Å². The Morgan fingerprint density at radius 1 is 0.889 bits per heavy atom. The van der Waals surface area contributed by atoms with Gasteiger partial charge in [0.1, 0.15) is 6.61 Å². The summed E-state index contributed by atoms with van der Waals surface area (Å²) in [5.74, 6) is 0.422. The molecule has 0 N–H and O–H groups in total. The number of hydrogen-bond acceptors (Lipinski definition) is 8. The minimum absolute atomic E-state index is 0.131. The van der Waals surface area contributed by atoms with E-state index in [1.54, 1.807) is 13.8 Å². The number of halogens is 1. The molecule has 0 aromatic heterocycles. The Bertz CT molecular complexity index is 1510. The van der Waals surface area contributed by atoms with Crippen molar-refractivity contribution >= 4 is 40.9 Å². The summed E-state index contributed by atoms with van der Waals surface area (Å²) in [5.41, 5.74) is 4.33. The number of para-hydroxylation sites is 1. The Morgan fingerprint density at radius 3 is 2.09 bits per heavy atom. The largest absolute Gasteiger partial charge is 0.464 e. The molecule has 10 heteroatoms. The molecule has 2 aromatic carbocycles. The highest BCUT2D eigenvalue weighted by atomic mass is 35.5. The van der Waals surface area contributed by atoms with Gasteiger partial charge in [-0.15, -0.1) is 0 Å². The van der Waals surface area contributed by atoms with Crippen molar-refractivity contribution in [3.8, 4) is 0 Å². The van der Waals surface area contributed by atoms with Crippen molar-refractivity contribution in [3.63, 3.8) is 0 Å². The SMILES string of the molecule is CCN(CC)CCOC(=O)C1(C2CCCCC2)CCCCC1.CN(C)CCCN1c2ccccc2CCc2ccc(Cl)cc21.CN1C(=O)OC(C)(C)C1=O. The van der Waals surface area contributed by atoms with E-state index in [9.17, 15) is 14.4 Å². The number of aryl methyl sites for hydroxylation is 2. The number of ether oxygens (including phenoxy) is 2. The number of anilines is 2. The summed E-state index contributed by atoms with van der Waals surface area (Å²) in [4.78, 5) is 42.6. The number of cyclic esters (lactones) is 1. The molecule has 9 nitrogen and oxygen atoms in total. The van der Waals surface area contributed by atoms with E-state index in [0.717, 1.165) is 74.8 Å². The molecular formula is C44H67ClN4O5. The van der Waals surface area contributed by atoms with Gasteiger partial charge in [-0.2, -0.15) is 0 Å². The quantitative estimate of drug-likeness (QED) is 0.210. The van der Waals surface area contributed by atoms with Gasteiger partial charge < -0.3 is 24.2 Å². The van der Waals surface area contributed by atoms with Crippen LogP contribution < -0.4 is 4.90 Å². The number of benzene rings is 2. The molecule has 2 aliphatic carbocycles. The zero-order valence-corrected chi connectivity index (χ0v) is 35.0. The Balaban J connectivity index is 0.000000193. The summed E-state index contributed by atoms with van der Waals surface area (Å²) >= 11 is 6.27. The molecule has 2 heterocycles. The van der Waals surface area contributed by atoms with Crippen molar-refractivity contribution in [1.29, 1.82) is 0 Å². The molecule has 0 bridgehead atoms. The first-order chi connectivity index (χ1) is 25.8. The molecule has 2 aromatic rings. The second-order valence-electron chi connectivity index (χ2n) is 16.2. The van der Waals surface area contributed by atoms with E-state index < -0.39 is 11.7 Å². The second-order valence-corrected chi connectivity index (χ2v) is 16.6. The zero-order chi connectivity index (χ0) is 39.3. The number of amides is 2. The summed E-state index contributed by atoms with van der Waals surface area (Å²) in [6.45, 7) is 13.1. The second kappa shape index (κ2) is 20.7. The molecule has 300 valence electrons. The third-order valence-corrected chi connectivity index (χ3v) is 12.0. The molecule has 2 amide bonds. The Kier molecular flexibility index (Phi) is 16.7. The third-order valence-electron chi connectivity index (χ3n) is 11.8. The molecule has 6 rings (SSSR count). The van der Waals surface area contributed by atoms with Crippen LogP contribution in [0.15, 0.2) is 42.5 Å². The highest BCUT2D eigenvalue weighted by Gasteiger charge is 2.47. The van der Waals surface area contributed by atoms with Gasteiger partial charge in [-0.05, 0) is 128 Å². The van der Waals surface area contributed by atoms with Crippen molar-refractivity contribution in [2.24, 2.45) is 11.3 Å². The van der Waals surface area contributed by atoms with Gasteiger partial charge >= 0.3 is 12.1 Å². The van der Waals surface area contributed by atoms with Gasteiger partial charge in [-0.3, -0.25) is 9.59 Å². The molecule has 4 aliphatic rings. The zero-order valence-electron chi connectivity index (χ0n) is 34.3. The van der Waals surface area contributed by atoms with Crippen LogP contribution in [0.3, 0.4) is 0 Å².